The molecule has 4 rings (SSSR count). The van der Waals surface area contributed by atoms with Crippen LogP contribution in [-0.4, -0.2) is 44.4 Å². The predicted octanol–water partition coefficient (Wildman–Crippen LogP) is 4.18. The Kier molecular flexibility index (Phi) is 7.43. The zero-order valence-electron chi connectivity index (χ0n) is 17.5. The zero-order chi connectivity index (χ0) is 22.3. The maximum absolute atomic E-state index is 12.6. The summed E-state index contributed by atoms with van der Waals surface area (Å²) in [7, 11) is 0. The Bertz CT molecular complexity index is 1120. The number of nitrogens with one attached hydrogen (secondary N) is 1. The minimum Gasteiger partial charge on any atom is -0.324 e. The van der Waals surface area contributed by atoms with Crippen molar-refractivity contribution < 1.29 is 4.79 Å². The summed E-state index contributed by atoms with van der Waals surface area (Å²) in [5.74, 6) is 0.818. The van der Waals surface area contributed by atoms with E-state index in [1.54, 1.807) is 18.2 Å². The Morgan fingerprint density at radius 2 is 1.91 bits per heavy atom. The average molecular weight is 467 g/mol. The van der Waals surface area contributed by atoms with Crippen molar-refractivity contribution in [3.63, 3.8) is 0 Å². The molecule has 1 fully saturated rings. The number of halogens is 1. The molecule has 164 valence electrons. The van der Waals surface area contributed by atoms with E-state index < -0.39 is 0 Å². The van der Waals surface area contributed by atoms with Gasteiger partial charge in [-0.3, -0.25) is 9.69 Å². The van der Waals surface area contributed by atoms with E-state index in [1.807, 2.05) is 18.2 Å². The average Bonchev–Trinajstić information content (AvgIpc) is 3.44. The first-order valence-electron chi connectivity index (χ1n) is 10.4. The maximum Gasteiger partial charge on any atom is 0.234 e. The standard InChI is InChI=1S/C23H23ClN6OS/c24-19-9-8-18(13-25)20(12-19)26-22(31)16-32-23-28-27-21(15-29-10-4-5-11-29)30(23)14-17-6-2-1-3-7-17/h1-3,6-9,12H,4-5,10-11,14-16H2,(H,26,31). The minimum atomic E-state index is -0.232. The lowest BCUT2D eigenvalue weighted by Crippen LogP contribution is -2.22. The summed E-state index contributed by atoms with van der Waals surface area (Å²) >= 11 is 7.34. The van der Waals surface area contributed by atoms with Crippen molar-refractivity contribution in [2.45, 2.75) is 31.1 Å². The van der Waals surface area contributed by atoms with Gasteiger partial charge in [-0.05, 0) is 49.7 Å². The van der Waals surface area contributed by atoms with Crippen molar-refractivity contribution in [3.8, 4) is 6.07 Å². The number of nitrogens with zero attached hydrogens (tertiary/aromatic N) is 5. The van der Waals surface area contributed by atoms with Crippen molar-refractivity contribution in [3.05, 3.63) is 70.5 Å². The van der Waals surface area contributed by atoms with Crippen LogP contribution in [0.25, 0.3) is 0 Å². The smallest absolute Gasteiger partial charge is 0.234 e. The van der Waals surface area contributed by atoms with E-state index in [1.165, 1.54) is 24.6 Å². The molecule has 1 aromatic heterocycles. The topological polar surface area (TPSA) is 86.8 Å². The molecule has 0 unspecified atom stereocenters. The molecule has 1 amide bonds. The molecule has 0 radical (unpaired) electrons. The van der Waals surface area contributed by atoms with E-state index in [0.717, 1.165) is 31.0 Å². The van der Waals surface area contributed by atoms with Crippen LogP contribution >= 0.6 is 23.4 Å². The lowest BCUT2D eigenvalue weighted by molar-refractivity contribution is -0.113. The van der Waals surface area contributed by atoms with Gasteiger partial charge in [0.1, 0.15) is 11.9 Å². The molecule has 32 heavy (non-hydrogen) atoms. The van der Waals surface area contributed by atoms with Gasteiger partial charge in [-0.2, -0.15) is 5.26 Å². The van der Waals surface area contributed by atoms with Gasteiger partial charge in [0, 0.05) is 5.02 Å². The van der Waals surface area contributed by atoms with Crippen LogP contribution in [0.5, 0.6) is 0 Å². The highest BCUT2D eigenvalue weighted by atomic mass is 35.5. The molecule has 0 saturated carbocycles. The van der Waals surface area contributed by atoms with E-state index in [4.69, 9.17) is 11.6 Å². The number of carbonyl (C=O) groups excluding carboxylic acids is 1. The monoisotopic (exact) mass is 466 g/mol. The molecule has 2 aromatic carbocycles. The molecule has 3 aromatic rings. The lowest BCUT2D eigenvalue weighted by atomic mass is 10.2. The van der Waals surface area contributed by atoms with E-state index >= 15 is 0 Å². The Balaban J connectivity index is 1.47. The number of nitriles is 1. The third-order valence-electron chi connectivity index (χ3n) is 5.25. The molecule has 2 heterocycles. The van der Waals surface area contributed by atoms with Gasteiger partial charge < -0.3 is 9.88 Å². The van der Waals surface area contributed by atoms with Gasteiger partial charge in [0.25, 0.3) is 0 Å². The highest BCUT2D eigenvalue weighted by Crippen LogP contribution is 2.23. The number of hydrogen-bond acceptors (Lipinski definition) is 6. The van der Waals surface area contributed by atoms with Crippen LogP contribution in [-0.2, 0) is 17.9 Å². The first kappa shape index (κ1) is 22.3. The molecular formula is C23H23ClN6OS. The fraction of sp³-hybridized carbons (Fsp3) is 0.304. The third-order valence-corrected chi connectivity index (χ3v) is 6.45. The van der Waals surface area contributed by atoms with Gasteiger partial charge in [0.15, 0.2) is 5.16 Å². The second-order valence-corrected chi connectivity index (χ2v) is 8.97. The van der Waals surface area contributed by atoms with Crippen molar-refractivity contribution in [1.29, 1.82) is 5.26 Å². The second kappa shape index (κ2) is 10.6. The molecule has 1 aliphatic rings. The van der Waals surface area contributed by atoms with E-state index in [9.17, 15) is 10.1 Å². The van der Waals surface area contributed by atoms with Crippen LogP contribution in [0.3, 0.4) is 0 Å². The quantitative estimate of drug-likeness (QED) is 0.501. The van der Waals surface area contributed by atoms with Gasteiger partial charge in [0.2, 0.25) is 5.91 Å². The van der Waals surface area contributed by atoms with Gasteiger partial charge in [0.05, 0.1) is 30.1 Å². The molecule has 1 N–H and O–H groups in total. The summed E-state index contributed by atoms with van der Waals surface area (Å²) in [5.41, 5.74) is 1.93. The summed E-state index contributed by atoms with van der Waals surface area (Å²) < 4.78 is 2.09. The SMILES string of the molecule is N#Cc1ccc(Cl)cc1NC(=O)CSc1nnc(CN2CCCC2)n1Cc1ccccc1. The number of hydrogen-bond donors (Lipinski definition) is 1. The second-order valence-electron chi connectivity index (χ2n) is 7.59. The number of anilines is 1. The first-order chi connectivity index (χ1) is 15.6. The van der Waals surface area contributed by atoms with Crippen molar-refractivity contribution in [2.24, 2.45) is 0 Å². The number of carbonyl (C=O) groups is 1. The molecular weight excluding hydrogens is 444 g/mol. The molecule has 1 aliphatic heterocycles. The summed E-state index contributed by atoms with van der Waals surface area (Å²) in [6.07, 6.45) is 2.42. The number of aromatic nitrogens is 3. The highest BCUT2D eigenvalue weighted by Gasteiger charge is 2.19. The molecule has 9 heteroatoms. The fourth-order valence-corrected chi connectivity index (χ4v) is 4.57. The van der Waals surface area contributed by atoms with Crippen molar-refractivity contribution >= 4 is 35.0 Å². The molecule has 0 spiro atoms. The Morgan fingerprint density at radius 3 is 2.66 bits per heavy atom. The number of rotatable bonds is 8. The van der Waals surface area contributed by atoms with Crippen LogP contribution in [0.2, 0.25) is 5.02 Å². The summed E-state index contributed by atoms with van der Waals surface area (Å²) in [6.45, 7) is 3.54. The fourth-order valence-electron chi connectivity index (χ4n) is 3.64. The summed E-state index contributed by atoms with van der Waals surface area (Å²) in [5, 5.41) is 22.0. The zero-order valence-corrected chi connectivity index (χ0v) is 19.1. The largest absolute Gasteiger partial charge is 0.324 e. The third kappa shape index (κ3) is 5.68. The molecule has 1 saturated heterocycles. The molecule has 7 nitrogen and oxygen atoms in total. The summed E-state index contributed by atoms with van der Waals surface area (Å²) in [4.78, 5) is 15.0. The van der Waals surface area contributed by atoms with Crippen LogP contribution in [0.4, 0.5) is 5.69 Å². The maximum atomic E-state index is 12.6. The van der Waals surface area contributed by atoms with Gasteiger partial charge in [-0.1, -0.05) is 53.7 Å². The van der Waals surface area contributed by atoms with Crippen LogP contribution < -0.4 is 5.32 Å². The summed E-state index contributed by atoms with van der Waals surface area (Å²) in [6, 6.07) is 17.0. The van der Waals surface area contributed by atoms with Crippen LogP contribution in [0, 0.1) is 11.3 Å². The highest BCUT2D eigenvalue weighted by molar-refractivity contribution is 7.99. The Hall–Kier alpha value is -2.86. The first-order valence-corrected chi connectivity index (χ1v) is 11.8. The van der Waals surface area contributed by atoms with Gasteiger partial charge >= 0.3 is 0 Å². The molecule has 0 bridgehead atoms. The number of likely N-dealkylation sites (tertiary alicyclic amines) is 1. The predicted molar refractivity (Wildman–Crippen MR) is 126 cm³/mol. The number of benzene rings is 2. The van der Waals surface area contributed by atoms with E-state index in [-0.39, 0.29) is 11.7 Å². The number of thioether (sulfide) groups is 1. The number of amides is 1. The minimum absolute atomic E-state index is 0.147. The van der Waals surface area contributed by atoms with E-state index in [0.29, 0.717) is 28.0 Å². The van der Waals surface area contributed by atoms with Crippen LogP contribution in [0.1, 0.15) is 29.8 Å². The molecule has 0 aliphatic carbocycles. The van der Waals surface area contributed by atoms with Gasteiger partial charge in [-0.25, -0.2) is 0 Å². The van der Waals surface area contributed by atoms with Crippen LogP contribution in [0.15, 0.2) is 53.7 Å². The van der Waals surface area contributed by atoms with Gasteiger partial charge in [-0.15, -0.1) is 10.2 Å². The lowest BCUT2D eigenvalue weighted by Gasteiger charge is -2.16. The van der Waals surface area contributed by atoms with Crippen molar-refractivity contribution in [2.75, 3.05) is 24.2 Å². The van der Waals surface area contributed by atoms with E-state index in [2.05, 4.69) is 43.2 Å². The molecule has 0 atom stereocenters. The normalized spacial score (nSPS) is 13.8. The Morgan fingerprint density at radius 1 is 1.12 bits per heavy atom. The Labute approximate surface area is 196 Å². The van der Waals surface area contributed by atoms with Crippen molar-refractivity contribution in [1.82, 2.24) is 19.7 Å².